The summed E-state index contributed by atoms with van der Waals surface area (Å²) in [6.45, 7) is -0.135. The molecule has 4 rings (SSSR count). The van der Waals surface area contributed by atoms with Crippen molar-refractivity contribution < 1.29 is 13.9 Å². The first kappa shape index (κ1) is 18.8. The number of carbonyl (C=O) groups excluding carboxylic acids is 1. The molecule has 0 saturated carbocycles. The second-order valence-electron chi connectivity index (χ2n) is 6.30. The summed E-state index contributed by atoms with van der Waals surface area (Å²) < 4.78 is 11.2. The molecule has 0 radical (unpaired) electrons. The van der Waals surface area contributed by atoms with Crippen LogP contribution in [0.5, 0.6) is 5.75 Å². The van der Waals surface area contributed by atoms with Crippen molar-refractivity contribution >= 4 is 34.5 Å². The third kappa shape index (κ3) is 4.83. The number of fused-ring (bicyclic) bond motifs is 1. The molecule has 4 aromatic rings. The van der Waals surface area contributed by atoms with Crippen LogP contribution in [-0.2, 0) is 4.79 Å². The lowest BCUT2D eigenvalue weighted by Crippen LogP contribution is -2.24. The van der Waals surface area contributed by atoms with Gasteiger partial charge in [-0.2, -0.15) is 5.10 Å². The maximum atomic E-state index is 11.9. The summed E-state index contributed by atoms with van der Waals surface area (Å²) in [6.07, 6.45) is 1.44. The molecule has 0 atom stereocenters. The van der Waals surface area contributed by atoms with Gasteiger partial charge in [-0.25, -0.2) is 5.43 Å². The summed E-state index contributed by atoms with van der Waals surface area (Å²) in [7, 11) is 0. The summed E-state index contributed by atoms with van der Waals surface area (Å²) >= 11 is 5.89. The topological polar surface area (TPSA) is 63.8 Å². The van der Waals surface area contributed by atoms with E-state index in [0.717, 1.165) is 16.3 Å². The van der Waals surface area contributed by atoms with E-state index in [1.165, 1.54) is 6.21 Å². The molecular formula is C23H17ClN2O3. The SMILES string of the molecule is O=C(COc1ccc2ccccc2c1)N/N=C\c1ccc(-c2ccc(Cl)cc2)o1. The monoisotopic (exact) mass is 404 g/mol. The van der Waals surface area contributed by atoms with Gasteiger partial charge in [0, 0.05) is 10.6 Å². The van der Waals surface area contributed by atoms with E-state index in [0.29, 0.717) is 22.3 Å². The Kier molecular flexibility index (Phi) is 5.59. The molecule has 1 heterocycles. The number of benzene rings is 3. The highest BCUT2D eigenvalue weighted by Gasteiger charge is 2.05. The van der Waals surface area contributed by atoms with Crippen molar-refractivity contribution in [1.29, 1.82) is 0 Å². The van der Waals surface area contributed by atoms with Gasteiger partial charge in [-0.15, -0.1) is 0 Å². The van der Waals surface area contributed by atoms with Crippen LogP contribution in [-0.4, -0.2) is 18.7 Å². The molecule has 144 valence electrons. The minimum absolute atomic E-state index is 0.135. The maximum Gasteiger partial charge on any atom is 0.277 e. The zero-order valence-corrected chi connectivity index (χ0v) is 16.1. The Balaban J connectivity index is 1.30. The lowest BCUT2D eigenvalue weighted by molar-refractivity contribution is -0.123. The number of rotatable bonds is 6. The van der Waals surface area contributed by atoms with Gasteiger partial charge >= 0.3 is 0 Å². The normalized spacial score (nSPS) is 11.1. The van der Waals surface area contributed by atoms with E-state index in [-0.39, 0.29) is 12.5 Å². The number of hydrogen-bond acceptors (Lipinski definition) is 4. The van der Waals surface area contributed by atoms with E-state index in [1.54, 1.807) is 18.2 Å². The minimum atomic E-state index is -0.362. The molecule has 0 fully saturated rings. The Hall–Kier alpha value is -3.57. The second-order valence-corrected chi connectivity index (χ2v) is 6.74. The molecule has 3 aromatic carbocycles. The quantitative estimate of drug-likeness (QED) is 0.351. The Morgan fingerprint density at radius 2 is 1.79 bits per heavy atom. The van der Waals surface area contributed by atoms with Crippen molar-refractivity contribution in [3.05, 3.63) is 89.6 Å². The van der Waals surface area contributed by atoms with Crippen molar-refractivity contribution in [2.24, 2.45) is 5.10 Å². The van der Waals surface area contributed by atoms with Gasteiger partial charge in [0.15, 0.2) is 6.61 Å². The number of hydrogen-bond donors (Lipinski definition) is 1. The second kappa shape index (κ2) is 8.63. The van der Waals surface area contributed by atoms with E-state index in [1.807, 2.05) is 60.7 Å². The highest BCUT2D eigenvalue weighted by molar-refractivity contribution is 6.30. The van der Waals surface area contributed by atoms with Gasteiger partial charge in [0.1, 0.15) is 17.3 Å². The number of carbonyl (C=O) groups is 1. The van der Waals surface area contributed by atoms with Gasteiger partial charge in [-0.05, 0) is 59.3 Å². The van der Waals surface area contributed by atoms with Gasteiger partial charge in [0.05, 0.1) is 6.21 Å². The highest BCUT2D eigenvalue weighted by atomic mass is 35.5. The van der Waals surface area contributed by atoms with Gasteiger partial charge in [-0.1, -0.05) is 41.9 Å². The van der Waals surface area contributed by atoms with Gasteiger partial charge in [0.25, 0.3) is 5.91 Å². The molecule has 0 spiro atoms. The average molecular weight is 405 g/mol. The Morgan fingerprint density at radius 3 is 2.62 bits per heavy atom. The molecule has 0 unspecified atom stereocenters. The van der Waals surface area contributed by atoms with Crippen LogP contribution in [0.15, 0.2) is 88.4 Å². The molecule has 1 aromatic heterocycles. The van der Waals surface area contributed by atoms with Crippen LogP contribution in [0.25, 0.3) is 22.1 Å². The number of nitrogens with one attached hydrogen (secondary N) is 1. The van der Waals surface area contributed by atoms with Gasteiger partial charge in [-0.3, -0.25) is 4.79 Å². The lowest BCUT2D eigenvalue weighted by atomic mass is 10.1. The summed E-state index contributed by atoms with van der Waals surface area (Å²) in [4.78, 5) is 11.9. The predicted octanol–water partition coefficient (Wildman–Crippen LogP) is 5.28. The standard InChI is InChI=1S/C23H17ClN2O3/c24-19-8-5-17(6-9-19)22-12-11-21(29-22)14-25-26-23(27)15-28-20-10-7-16-3-1-2-4-18(16)13-20/h1-14H,15H2,(H,26,27)/b25-14-. The van der Waals surface area contributed by atoms with Crippen molar-refractivity contribution in [1.82, 2.24) is 5.43 Å². The van der Waals surface area contributed by atoms with Crippen molar-refractivity contribution in [2.45, 2.75) is 0 Å². The molecule has 1 N–H and O–H groups in total. The zero-order chi connectivity index (χ0) is 20.1. The van der Waals surface area contributed by atoms with Crippen LogP contribution in [0.4, 0.5) is 0 Å². The Labute approximate surface area is 172 Å². The minimum Gasteiger partial charge on any atom is -0.484 e. The third-order valence-electron chi connectivity index (χ3n) is 4.23. The van der Waals surface area contributed by atoms with E-state index in [4.69, 9.17) is 20.8 Å². The first-order chi connectivity index (χ1) is 14.2. The summed E-state index contributed by atoms with van der Waals surface area (Å²) in [6, 6.07) is 24.6. The number of halogens is 1. The molecule has 0 aliphatic rings. The van der Waals surface area contributed by atoms with E-state index in [2.05, 4.69) is 10.5 Å². The van der Waals surface area contributed by atoms with Gasteiger partial charge in [0.2, 0.25) is 0 Å². The molecule has 5 nitrogen and oxygen atoms in total. The molecular weight excluding hydrogens is 388 g/mol. The number of amides is 1. The first-order valence-electron chi connectivity index (χ1n) is 8.97. The van der Waals surface area contributed by atoms with Crippen LogP contribution >= 0.6 is 11.6 Å². The molecule has 6 heteroatoms. The maximum absolute atomic E-state index is 11.9. The summed E-state index contributed by atoms with van der Waals surface area (Å²) in [5.41, 5.74) is 3.33. The third-order valence-corrected chi connectivity index (χ3v) is 4.48. The van der Waals surface area contributed by atoms with E-state index in [9.17, 15) is 4.79 Å². The van der Waals surface area contributed by atoms with Crippen LogP contribution < -0.4 is 10.2 Å². The van der Waals surface area contributed by atoms with Crippen LogP contribution in [0, 0.1) is 0 Å². The molecule has 0 aliphatic carbocycles. The largest absolute Gasteiger partial charge is 0.484 e. The molecule has 0 aliphatic heterocycles. The van der Waals surface area contributed by atoms with E-state index < -0.39 is 0 Å². The van der Waals surface area contributed by atoms with Crippen LogP contribution in [0.2, 0.25) is 5.02 Å². The fourth-order valence-electron chi connectivity index (χ4n) is 2.80. The average Bonchev–Trinajstić information content (AvgIpc) is 3.21. The summed E-state index contributed by atoms with van der Waals surface area (Å²) in [5.74, 6) is 1.47. The number of hydrazone groups is 1. The summed E-state index contributed by atoms with van der Waals surface area (Å²) in [5, 5.41) is 6.74. The zero-order valence-electron chi connectivity index (χ0n) is 15.3. The fraction of sp³-hybridized carbons (Fsp3) is 0.0435. The molecule has 29 heavy (non-hydrogen) atoms. The smallest absolute Gasteiger partial charge is 0.277 e. The predicted molar refractivity (Wildman–Crippen MR) is 114 cm³/mol. The van der Waals surface area contributed by atoms with E-state index >= 15 is 0 Å². The highest BCUT2D eigenvalue weighted by Crippen LogP contribution is 2.23. The Bertz CT molecular complexity index is 1170. The number of furan rings is 1. The van der Waals surface area contributed by atoms with Crippen molar-refractivity contribution in [2.75, 3.05) is 6.61 Å². The van der Waals surface area contributed by atoms with Crippen LogP contribution in [0.1, 0.15) is 5.76 Å². The Morgan fingerprint density at radius 1 is 1.00 bits per heavy atom. The first-order valence-corrected chi connectivity index (χ1v) is 9.34. The molecule has 1 amide bonds. The number of ether oxygens (including phenoxy) is 1. The lowest BCUT2D eigenvalue weighted by Gasteiger charge is -2.06. The molecule has 0 saturated heterocycles. The van der Waals surface area contributed by atoms with Crippen molar-refractivity contribution in [3.8, 4) is 17.1 Å². The fourth-order valence-corrected chi connectivity index (χ4v) is 2.92. The van der Waals surface area contributed by atoms with Crippen molar-refractivity contribution in [3.63, 3.8) is 0 Å². The molecule has 0 bridgehead atoms. The number of nitrogens with zero attached hydrogens (tertiary/aromatic N) is 1. The van der Waals surface area contributed by atoms with Gasteiger partial charge < -0.3 is 9.15 Å². The van der Waals surface area contributed by atoms with Crippen LogP contribution in [0.3, 0.4) is 0 Å².